The first kappa shape index (κ1) is 11.9. The second-order valence-electron chi connectivity index (χ2n) is 5.29. The average Bonchev–Trinajstić information content (AvgIpc) is 2.50. The van der Waals surface area contributed by atoms with Crippen LogP contribution in [0.3, 0.4) is 0 Å². The zero-order valence-electron chi connectivity index (χ0n) is 11.5. The number of nitrogens with one attached hydrogen (secondary N) is 1. The molecule has 0 bridgehead atoms. The van der Waals surface area contributed by atoms with Crippen molar-refractivity contribution < 1.29 is 0 Å². The summed E-state index contributed by atoms with van der Waals surface area (Å²) in [4.78, 5) is 2.69. The van der Waals surface area contributed by atoms with Crippen molar-refractivity contribution in [1.29, 1.82) is 0 Å². The maximum Gasteiger partial charge on any atom is 0.0558 e. The Morgan fingerprint density at radius 3 is 2.50 bits per heavy atom. The highest BCUT2D eigenvalue weighted by atomic mass is 32.2. The summed E-state index contributed by atoms with van der Waals surface area (Å²) in [5.41, 5.74) is 5.12. The van der Waals surface area contributed by atoms with Crippen LogP contribution in [-0.2, 0) is 0 Å². The third-order valence-electron chi connectivity index (χ3n) is 3.91. The van der Waals surface area contributed by atoms with Gasteiger partial charge in [-0.2, -0.15) is 0 Å². The fraction of sp³-hybridized carbons (Fsp3) is 0.111. The highest BCUT2D eigenvalue weighted by Gasteiger charge is 2.20. The molecular weight excluding hydrogens is 262 g/mol. The van der Waals surface area contributed by atoms with E-state index in [2.05, 4.69) is 67.7 Å². The van der Waals surface area contributed by atoms with Gasteiger partial charge >= 0.3 is 0 Å². The molecule has 4 rings (SSSR count). The number of benzene rings is 3. The van der Waals surface area contributed by atoms with E-state index in [0.29, 0.717) is 0 Å². The lowest BCUT2D eigenvalue weighted by Crippen LogP contribution is -2.03. The zero-order valence-corrected chi connectivity index (χ0v) is 12.3. The number of anilines is 2. The summed E-state index contributed by atoms with van der Waals surface area (Å²) in [6.07, 6.45) is 0. The molecule has 0 unspecified atom stereocenters. The molecular formula is C18H15NS. The van der Waals surface area contributed by atoms with E-state index >= 15 is 0 Å². The van der Waals surface area contributed by atoms with Crippen LogP contribution in [0.5, 0.6) is 0 Å². The summed E-state index contributed by atoms with van der Waals surface area (Å²) in [5, 5.41) is 6.25. The van der Waals surface area contributed by atoms with Gasteiger partial charge in [-0.3, -0.25) is 0 Å². The summed E-state index contributed by atoms with van der Waals surface area (Å²) in [6.45, 7) is 4.35. The lowest BCUT2D eigenvalue weighted by molar-refractivity contribution is 1.23. The van der Waals surface area contributed by atoms with Crippen LogP contribution in [-0.4, -0.2) is 0 Å². The molecule has 0 fully saturated rings. The van der Waals surface area contributed by atoms with Gasteiger partial charge in [0.15, 0.2) is 0 Å². The van der Waals surface area contributed by atoms with Crippen molar-refractivity contribution in [2.45, 2.75) is 23.6 Å². The Morgan fingerprint density at radius 1 is 0.800 bits per heavy atom. The second kappa shape index (κ2) is 4.29. The minimum absolute atomic E-state index is 1.22. The first-order chi connectivity index (χ1) is 9.74. The summed E-state index contributed by atoms with van der Waals surface area (Å²) in [5.74, 6) is 0. The highest BCUT2D eigenvalue weighted by molar-refractivity contribution is 8.00. The molecule has 0 saturated carbocycles. The SMILES string of the molecule is Cc1ccc(C)c2c1Nc1ccc3ccccc3c1S2. The molecule has 1 heterocycles. The van der Waals surface area contributed by atoms with Crippen molar-refractivity contribution in [2.24, 2.45) is 0 Å². The van der Waals surface area contributed by atoms with E-state index in [9.17, 15) is 0 Å². The minimum atomic E-state index is 1.22. The van der Waals surface area contributed by atoms with Crippen molar-refractivity contribution in [1.82, 2.24) is 0 Å². The van der Waals surface area contributed by atoms with E-state index in [1.807, 2.05) is 11.8 Å². The Morgan fingerprint density at radius 2 is 1.60 bits per heavy atom. The maximum atomic E-state index is 3.62. The molecule has 0 atom stereocenters. The molecule has 0 amide bonds. The van der Waals surface area contributed by atoms with Crippen LogP contribution in [0.1, 0.15) is 11.1 Å². The monoisotopic (exact) mass is 277 g/mol. The minimum Gasteiger partial charge on any atom is -0.353 e. The van der Waals surface area contributed by atoms with Crippen molar-refractivity contribution in [3.05, 3.63) is 59.7 Å². The molecule has 20 heavy (non-hydrogen) atoms. The Hall–Kier alpha value is -1.93. The first-order valence-corrected chi connectivity index (χ1v) is 7.62. The largest absolute Gasteiger partial charge is 0.353 e. The second-order valence-corrected chi connectivity index (χ2v) is 6.31. The van der Waals surface area contributed by atoms with E-state index in [0.717, 1.165) is 0 Å². The molecule has 3 aromatic carbocycles. The highest BCUT2D eigenvalue weighted by Crippen LogP contribution is 2.49. The standard InChI is InChI=1S/C18H15NS/c1-11-7-8-12(2)17-16(11)19-15-10-9-13-5-3-4-6-14(13)18(15)20-17/h3-10,19H,1-2H3. The third-order valence-corrected chi connectivity index (χ3v) is 5.28. The number of rotatable bonds is 0. The molecule has 0 radical (unpaired) electrons. The van der Waals surface area contributed by atoms with Crippen molar-refractivity contribution in [3.8, 4) is 0 Å². The Kier molecular flexibility index (Phi) is 2.54. The summed E-state index contributed by atoms with van der Waals surface area (Å²) < 4.78 is 0. The quantitative estimate of drug-likeness (QED) is 0.445. The van der Waals surface area contributed by atoms with Crippen LogP contribution < -0.4 is 5.32 Å². The van der Waals surface area contributed by atoms with Crippen LogP contribution >= 0.6 is 11.8 Å². The Balaban J connectivity index is 1.99. The van der Waals surface area contributed by atoms with Crippen molar-refractivity contribution in [2.75, 3.05) is 5.32 Å². The maximum absolute atomic E-state index is 3.62. The molecule has 1 aliphatic rings. The average molecular weight is 277 g/mol. The number of hydrogen-bond donors (Lipinski definition) is 1. The third kappa shape index (κ3) is 1.65. The van der Waals surface area contributed by atoms with Crippen LogP contribution in [0, 0.1) is 13.8 Å². The number of hydrogen-bond acceptors (Lipinski definition) is 2. The molecule has 1 N–H and O–H groups in total. The van der Waals surface area contributed by atoms with Crippen molar-refractivity contribution >= 4 is 33.9 Å². The zero-order chi connectivity index (χ0) is 13.7. The van der Waals surface area contributed by atoms with Gasteiger partial charge in [-0.1, -0.05) is 54.2 Å². The van der Waals surface area contributed by atoms with E-state index in [-0.39, 0.29) is 0 Å². The van der Waals surface area contributed by atoms with E-state index in [4.69, 9.17) is 0 Å². The predicted molar refractivity (Wildman–Crippen MR) is 87.3 cm³/mol. The molecule has 98 valence electrons. The fourth-order valence-electron chi connectivity index (χ4n) is 2.76. The molecule has 0 aliphatic carbocycles. The number of fused-ring (bicyclic) bond motifs is 4. The lowest BCUT2D eigenvalue weighted by Gasteiger charge is -2.25. The van der Waals surface area contributed by atoms with E-state index < -0.39 is 0 Å². The normalized spacial score (nSPS) is 12.7. The van der Waals surface area contributed by atoms with Crippen LogP contribution in [0.25, 0.3) is 10.8 Å². The van der Waals surface area contributed by atoms with Gasteiger partial charge in [0.1, 0.15) is 0 Å². The number of aryl methyl sites for hydroxylation is 2. The lowest BCUT2D eigenvalue weighted by atomic mass is 10.1. The van der Waals surface area contributed by atoms with Gasteiger partial charge < -0.3 is 5.32 Å². The van der Waals surface area contributed by atoms with Gasteiger partial charge in [0.05, 0.1) is 11.4 Å². The summed E-state index contributed by atoms with van der Waals surface area (Å²) >= 11 is 1.89. The van der Waals surface area contributed by atoms with E-state index in [1.54, 1.807) is 0 Å². The summed E-state index contributed by atoms with van der Waals surface area (Å²) in [7, 11) is 0. The van der Waals surface area contributed by atoms with Crippen molar-refractivity contribution in [3.63, 3.8) is 0 Å². The molecule has 0 aromatic heterocycles. The van der Waals surface area contributed by atoms with Gasteiger partial charge in [-0.05, 0) is 41.8 Å². The van der Waals surface area contributed by atoms with Crippen LogP contribution in [0.15, 0.2) is 58.3 Å². The molecule has 1 nitrogen and oxygen atoms in total. The van der Waals surface area contributed by atoms with Gasteiger partial charge in [0, 0.05) is 9.79 Å². The first-order valence-electron chi connectivity index (χ1n) is 6.81. The molecule has 0 spiro atoms. The topological polar surface area (TPSA) is 12.0 Å². The van der Waals surface area contributed by atoms with Crippen LogP contribution in [0.2, 0.25) is 0 Å². The molecule has 0 saturated heterocycles. The smallest absolute Gasteiger partial charge is 0.0558 e. The Bertz CT molecular complexity index is 836. The molecule has 2 heteroatoms. The van der Waals surface area contributed by atoms with Gasteiger partial charge in [-0.15, -0.1) is 0 Å². The van der Waals surface area contributed by atoms with Gasteiger partial charge in [0.25, 0.3) is 0 Å². The van der Waals surface area contributed by atoms with Gasteiger partial charge in [0.2, 0.25) is 0 Å². The molecule has 1 aliphatic heterocycles. The summed E-state index contributed by atoms with van der Waals surface area (Å²) in [6, 6.07) is 17.4. The van der Waals surface area contributed by atoms with Gasteiger partial charge in [-0.25, -0.2) is 0 Å². The Labute approximate surface area is 123 Å². The predicted octanol–water partition coefficient (Wildman–Crippen LogP) is 5.66. The molecule has 3 aromatic rings. The fourth-order valence-corrected chi connectivity index (χ4v) is 4.03. The van der Waals surface area contributed by atoms with E-state index in [1.165, 1.54) is 43.1 Å². The van der Waals surface area contributed by atoms with Crippen LogP contribution in [0.4, 0.5) is 11.4 Å².